The number of halogens is 3. The van der Waals surface area contributed by atoms with Gasteiger partial charge in [0.1, 0.15) is 21.6 Å². The van der Waals surface area contributed by atoms with Gasteiger partial charge in [0.2, 0.25) is 0 Å². The van der Waals surface area contributed by atoms with Gasteiger partial charge in [-0.1, -0.05) is 18.2 Å². The third-order valence-electron chi connectivity index (χ3n) is 3.58. The molecule has 2 aromatic carbocycles. The SMILES string of the molecule is O=S(=O)([O-])c1ccc(C(F)(F)F)cc1.c1ccc([S+]2CCCC2)cc1. The quantitative estimate of drug-likeness (QED) is 0.574. The normalized spacial score (nSPS) is 15.5. The van der Waals surface area contributed by atoms with Gasteiger partial charge in [0.15, 0.2) is 4.90 Å². The first-order chi connectivity index (χ1) is 11.7. The molecule has 8 heteroatoms. The Labute approximate surface area is 148 Å². The van der Waals surface area contributed by atoms with Gasteiger partial charge >= 0.3 is 6.18 Å². The Morgan fingerprint density at radius 3 is 1.84 bits per heavy atom. The van der Waals surface area contributed by atoms with E-state index in [-0.39, 0.29) is 0 Å². The summed E-state index contributed by atoms with van der Waals surface area (Å²) < 4.78 is 67.0. The molecule has 0 spiro atoms. The molecule has 1 aliphatic heterocycles. The first-order valence-corrected chi connectivity index (χ1v) is 10.5. The summed E-state index contributed by atoms with van der Waals surface area (Å²) in [6, 6.07) is 13.3. The number of hydrogen-bond acceptors (Lipinski definition) is 3. The molecule has 136 valence electrons. The largest absolute Gasteiger partial charge is 0.744 e. The predicted molar refractivity (Wildman–Crippen MR) is 90.4 cm³/mol. The van der Waals surface area contributed by atoms with Gasteiger partial charge in [-0.3, -0.25) is 0 Å². The lowest BCUT2D eigenvalue weighted by molar-refractivity contribution is -0.137. The van der Waals surface area contributed by atoms with Crippen LogP contribution in [0.15, 0.2) is 64.4 Å². The molecule has 3 rings (SSSR count). The van der Waals surface area contributed by atoms with Crippen LogP contribution in [0, 0.1) is 0 Å². The van der Waals surface area contributed by atoms with Crippen LogP contribution < -0.4 is 0 Å². The maximum absolute atomic E-state index is 12.0. The molecule has 3 nitrogen and oxygen atoms in total. The van der Waals surface area contributed by atoms with E-state index in [0.29, 0.717) is 35.2 Å². The fourth-order valence-electron chi connectivity index (χ4n) is 2.31. The van der Waals surface area contributed by atoms with Gasteiger partial charge in [-0.25, -0.2) is 8.42 Å². The summed E-state index contributed by atoms with van der Waals surface area (Å²) in [6.45, 7) is 0. The summed E-state index contributed by atoms with van der Waals surface area (Å²) in [5, 5.41) is 0. The highest BCUT2D eigenvalue weighted by Gasteiger charge is 2.30. The molecule has 1 aliphatic rings. The van der Waals surface area contributed by atoms with Gasteiger partial charge in [-0.2, -0.15) is 13.2 Å². The van der Waals surface area contributed by atoms with Crippen molar-refractivity contribution >= 4 is 21.0 Å². The van der Waals surface area contributed by atoms with Gasteiger partial charge in [-0.05, 0) is 49.2 Å². The third kappa shape index (κ3) is 6.05. The van der Waals surface area contributed by atoms with E-state index in [4.69, 9.17) is 0 Å². The van der Waals surface area contributed by atoms with Crippen LogP contribution >= 0.6 is 0 Å². The van der Waals surface area contributed by atoms with Gasteiger partial charge in [0.05, 0.1) is 10.5 Å². The molecule has 0 aromatic heterocycles. The molecule has 0 radical (unpaired) electrons. The van der Waals surface area contributed by atoms with Crippen molar-refractivity contribution in [2.45, 2.75) is 28.8 Å². The minimum absolute atomic E-state index is 0.546. The summed E-state index contributed by atoms with van der Waals surface area (Å²) in [5.74, 6) is 2.87. The van der Waals surface area contributed by atoms with E-state index in [1.54, 1.807) is 4.90 Å². The van der Waals surface area contributed by atoms with Crippen LogP contribution in [0.25, 0.3) is 0 Å². The van der Waals surface area contributed by atoms with E-state index in [9.17, 15) is 26.1 Å². The summed E-state index contributed by atoms with van der Waals surface area (Å²) in [6.07, 6.45) is -1.65. The van der Waals surface area contributed by atoms with E-state index in [0.717, 1.165) is 0 Å². The molecule has 0 amide bonds. The van der Waals surface area contributed by atoms with Crippen LogP contribution in [0.4, 0.5) is 13.2 Å². The smallest absolute Gasteiger partial charge is 0.416 e. The molecule has 0 N–H and O–H groups in total. The van der Waals surface area contributed by atoms with Crippen LogP contribution in [0.1, 0.15) is 18.4 Å². The zero-order valence-corrected chi connectivity index (χ0v) is 14.8. The number of hydrogen-bond donors (Lipinski definition) is 0. The highest BCUT2D eigenvalue weighted by Crippen LogP contribution is 2.29. The molecular formula is C17H17F3O3S2. The average Bonchev–Trinajstić information content (AvgIpc) is 3.09. The van der Waals surface area contributed by atoms with E-state index >= 15 is 0 Å². The van der Waals surface area contributed by atoms with Crippen molar-refractivity contribution in [2.24, 2.45) is 0 Å². The van der Waals surface area contributed by atoms with Crippen LogP contribution in [0.5, 0.6) is 0 Å². The summed E-state index contributed by atoms with van der Waals surface area (Å²) in [7, 11) is -4.07. The van der Waals surface area contributed by atoms with Crippen molar-refractivity contribution in [1.29, 1.82) is 0 Å². The molecule has 0 atom stereocenters. The Balaban J connectivity index is 0.000000185. The molecular weight excluding hydrogens is 373 g/mol. The van der Waals surface area contributed by atoms with Crippen LogP contribution in [-0.2, 0) is 27.2 Å². The predicted octanol–water partition coefficient (Wildman–Crippen LogP) is 4.07. The maximum Gasteiger partial charge on any atom is 0.416 e. The Bertz CT molecular complexity index is 767. The van der Waals surface area contributed by atoms with Crippen LogP contribution in [0.2, 0.25) is 0 Å². The highest BCUT2D eigenvalue weighted by molar-refractivity contribution is 7.97. The standard InChI is InChI=1S/C10H13S.C7H5F3O3S/c1-2-6-10(7-3-1)11-8-4-5-9-11;8-7(9,10)5-1-3-6(4-2-5)14(11,12)13/h1-3,6-7H,4-5,8-9H2;1-4H,(H,11,12,13)/q+1;/p-1. The molecule has 0 saturated carbocycles. The monoisotopic (exact) mass is 390 g/mol. The average molecular weight is 390 g/mol. The molecule has 1 saturated heterocycles. The Morgan fingerprint density at radius 2 is 1.40 bits per heavy atom. The minimum atomic E-state index is -4.68. The lowest BCUT2D eigenvalue weighted by Crippen LogP contribution is -2.05. The third-order valence-corrected chi connectivity index (χ3v) is 6.93. The fraction of sp³-hybridized carbons (Fsp3) is 0.294. The maximum atomic E-state index is 12.0. The summed E-state index contributed by atoms with van der Waals surface area (Å²) >= 11 is 0. The van der Waals surface area contributed by atoms with Crippen LogP contribution in [-0.4, -0.2) is 24.5 Å². The number of benzene rings is 2. The molecule has 0 bridgehead atoms. The van der Waals surface area contributed by atoms with Crippen molar-refractivity contribution in [3.63, 3.8) is 0 Å². The first-order valence-electron chi connectivity index (χ1n) is 7.53. The first kappa shape index (κ1) is 19.8. The highest BCUT2D eigenvalue weighted by atomic mass is 32.2. The molecule has 0 aliphatic carbocycles. The second kappa shape index (κ2) is 8.25. The number of rotatable bonds is 2. The topological polar surface area (TPSA) is 57.2 Å². The Kier molecular flexibility index (Phi) is 6.53. The molecule has 0 unspecified atom stereocenters. The molecule has 1 fully saturated rings. The van der Waals surface area contributed by atoms with Crippen molar-refractivity contribution in [2.75, 3.05) is 11.5 Å². The molecule has 25 heavy (non-hydrogen) atoms. The second-order valence-corrected chi connectivity index (χ2v) is 9.05. The lowest BCUT2D eigenvalue weighted by atomic mass is 10.2. The zero-order valence-electron chi connectivity index (χ0n) is 13.2. The van der Waals surface area contributed by atoms with Gasteiger partial charge in [0.25, 0.3) is 0 Å². The Hall–Kier alpha value is -1.51. The lowest BCUT2D eigenvalue weighted by Gasteiger charge is -2.09. The van der Waals surface area contributed by atoms with Gasteiger partial charge < -0.3 is 4.55 Å². The van der Waals surface area contributed by atoms with Crippen molar-refractivity contribution in [3.8, 4) is 0 Å². The molecule has 2 aromatic rings. The van der Waals surface area contributed by atoms with Gasteiger partial charge in [-0.15, -0.1) is 0 Å². The van der Waals surface area contributed by atoms with E-state index in [1.807, 2.05) is 0 Å². The Morgan fingerprint density at radius 1 is 0.880 bits per heavy atom. The summed E-state index contributed by atoms with van der Waals surface area (Å²) in [5.41, 5.74) is -0.995. The minimum Gasteiger partial charge on any atom is -0.744 e. The summed E-state index contributed by atoms with van der Waals surface area (Å²) in [4.78, 5) is 0.899. The molecule has 1 heterocycles. The number of alkyl halides is 3. The zero-order chi connectivity index (χ0) is 18.5. The van der Waals surface area contributed by atoms with Crippen LogP contribution in [0.3, 0.4) is 0 Å². The van der Waals surface area contributed by atoms with E-state index in [2.05, 4.69) is 30.3 Å². The fourth-order valence-corrected chi connectivity index (χ4v) is 5.11. The van der Waals surface area contributed by atoms with Crippen molar-refractivity contribution in [1.82, 2.24) is 0 Å². The van der Waals surface area contributed by atoms with Gasteiger partial charge in [0, 0.05) is 10.9 Å². The van der Waals surface area contributed by atoms with Crippen molar-refractivity contribution in [3.05, 3.63) is 60.2 Å². The van der Waals surface area contributed by atoms with Crippen molar-refractivity contribution < 1.29 is 26.1 Å². The second-order valence-electron chi connectivity index (χ2n) is 5.40. The van der Waals surface area contributed by atoms with E-state index in [1.165, 1.54) is 24.3 Å². The van der Waals surface area contributed by atoms with E-state index < -0.39 is 26.8 Å².